The zero-order chi connectivity index (χ0) is 16.9. The number of carbonyl (C=O) groups excluding carboxylic acids is 2. The van der Waals surface area contributed by atoms with Crippen LogP contribution >= 0.6 is 0 Å². The summed E-state index contributed by atoms with van der Waals surface area (Å²) in [6.07, 6.45) is 2.24. The summed E-state index contributed by atoms with van der Waals surface area (Å²) >= 11 is 0. The van der Waals surface area contributed by atoms with E-state index in [4.69, 9.17) is 0 Å². The molecule has 1 unspecified atom stereocenters. The highest BCUT2D eigenvalue weighted by atomic mass is 16.2. The van der Waals surface area contributed by atoms with Crippen LogP contribution in [-0.2, 0) is 4.79 Å². The first-order valence-corrected chi connectivity index (χ1v) is 8.36. The summed E-state index contributed by atoms with van der Waals surface area (Å²) in [4.78, 5) is 26.7. The third-order valence-corrected chi connectivity index (χ3v) is 4.41. The Kier molecular flexibility index (Phi) is 5.06. The van der Waals surface area contributed by atoms with Crippen LogP contribution in [0.5, 0.6) is 0 Å². The minimum absolute atomic E-state index is 0.00903. The second-order valence-corrected chi connectivity index (χ2v) is 6.18. The van der Waals surface area contributed by atoms with Gasteiger partial charge in [-0.2, -0.15) is 0 Å². The quantitative estimate of drug-likeness (QED) is 0.855. The Hall–Kier alpha value is -2.46. The summed E-state index contributed by atoms with van der Waals surface area (Å²) in [6, 6.07) is 16.7. The number of benzene rings is 2. The van der Waals surface area contributed by atoms with E-state index < -0.39 is 0 Å². The summed E-state index contributed by atoms with van der Waals surface area (Å²) in [5, 5.41) is 2.98. The fourth-order valence-corrected chi connectivity index (χ4v) is 3.19. The molecule has 1 saturated heterocycles. The van der Waals surface area contributed by atoms with E-state index in [1.807, 2.05) is 36.4 Å². The van der Waals surface area contributed by atoms with E-state index in [0.29, 0.717) is 11.3 Å². The molecule has 4 heteroatoms. The molecule has 3 rings (SSSR count). The average Bonchev–Trinajstić information content (AvgIpc) is 3.10. The highest BCUT2D eigenvalue weighted by molar-refractivity contribution is 5.98. The van der Waals surface area contributed by atoms with Crippen molar-refractivity contribution >= 4 is 17.4 Å². The molecule has 1 heterocycles. The number of likely N-dealkylation sites (tertiary alicyclic amines) is 1. The van der Waals surface area contributed by atoms with Crippen molar-refractivity contribution < 1.29 is 9.59 Å². The van der Waals surface area contributed by atoms with E-state index >= 15 is 0 Å². The van der Waals surface area contributed by atoms with E-state index in [1.54, 1.807) is 18.2 Å². The zero-order valence-electron chi connectivity index (χ0n) is 13.9. The summed E-state index contributed by atoms with van der Waals surface area (Å²) < 4.78 is 0. The molecular formula is C20H22N2O2. The Morgan fingerprint density at radius 3 is 2.38 bits per heavy atom. The molecule has 24 heavy (non-hydrogen) atoms. The first-order valence-electron chi connectivity index (χ1n) is 8.36. The molecule has 0 bridgehead atoms. The molecule has 0 aliphatic carbocycles. The van der Waals surface area contributed by atoms with Gasteiger partial charge in [0.25, 0.3) is 0 Å². The largest absolute Gasteiger partial charge is 0.324 e. The van der Waals surface area contributed by atoms with Crippen molar-refractivity contribution in [2.75, 3.05) is 18.4 Å². The van der Waals surface area contributed by atoms with E-state index in [2.05, 4.69) is 10.2 Å². The minimum Gasteiger partial charge on any atom is -0.324 e. The molecule has 2 aromatic carbocycles. The summed E-state index contributed by atoms with van der Waals surface area (Å²) in [5.41, 5.74) is 2.26. The number of amides is 1. The number of carbonyl (C=O) groups is 2. The van der Waals surface area contributed by atoms with Crippen LogP contribution in [0.1, 0.15) is 41.7 Å². The molecule has 1 atom stereocenters. The lowest BCUT2D eigenvalue weighted by molar-refractivity contribution is -0.121. The number of hydrogen-bond acceptors (Lipinski definition) is 3. The molecule has 0 radical (unpaired) electrons. The maximum Gasteiger partial charge on any atom is 0.246 e. The number of nitrogens with zero attached hydrogens (tertiary/aromatic N) is 1. The lowest BCUT2D eigenvalue weighted by Gasteiger charge is -2.27. The monoisotopic (exact) mass is 322 g/mol. The molecule has 2 aromatic rings. The van der Waals surface area contributed by atoms with Gasteiger partial charge in [0.15, 0.2) is 5.78 Å². The van der Waals surface area contributed by atoms with Crippen LogP contribution in [0.15, 0.2) is 54.6 Å². The van der Waals surface area contributed by atoms with E-state index in [-0.39, 0.29) is 17.7 Å². The fourth-order valence-electron chi connectivity index (χ4n) is 3.19. The SMILES string of the molecule is CC(=O)c1cccc(NC(=O)C(c2ccccc2)N2CCCC2)c1. The summed E-state index contributed by atoms with van der Waals surface area (Å²) in [6.45, 7) is 3.39. The van der Waals surface area contributed by atoms with Crippen molar-refractivity contribution in [2.24, 2.45) is 0 Å². The maximum atomic E-state index is 12.9. The second kappa shape index (κ2) is 7.41. The highest BCUT2D eigenvalue weighted by Gasteiger charge is 2.29. The van der Waals surface area contributed by atoms with Gasteiger partial charge < -0.3 is 5.32 Å². The van der Waals surface area contributed by atoms with Crippen molar-refractivity contribution in [3.8, 4) is 0 Å². The van der Waals surface area contributed by atoms with Crippen molar-refractivity contribution in [2.45, 2.75) is 25.8 Å². The Morgan fingerprint density at radius 1 is 1.00 bits per heavy atom. The van der Waals surface area contributed by atoms with Gasteiger partial charge in [-0.25, -0.2) is 0 Å². The minimum atomic E-state index is -0.297. The van der Waals surface area contributed by atoms with Crippen LogP contribution in [-0.4, -0.2) is 29.7 Å². The Labute approximate surface area is 142 Å². The summed E-state index contributed by atoms with van der Waals surface area (Å²) in [7, 11) is 0. The van der Waals surface area contributed by atoms with Crippen LogP contribution < -0.4 is 5.32 Å². The van der Waals surface area contributed by atoms with Crippen LogP contribution in [0.4, 0.5) is 5.69 Å². The molecule has 1 N–H and O–H groups in total. The lowest BCUT2D eigenvalue weighted by Crippen LogP contribution is -2.35. The molecule has 0 aromatic heterocycles. The van der Waals surface area contributed by atoms with Crippen molar-refractivity contribution in [1.29, 1.82) is 0 Å². The highest BCUT2D eigenvalue weighted by Crippen LogP contribution is 2.26. The van der Waals surface area contributed by atoms with E-state index in [1.165, 1.54) is 6.92 Å². The number of hydrogen-bond donors (Lipinski definition) is 1. The van der Waals surface area contributed by atoms with Gasteiger partial charge in [0.05, 0.1) is 0 Å². The van der Waals surface area contributed by atoms with Gasteiger partial charge in [0.1, 0.15) is 6.04 Å². The van der Waals surface area contributed by atoms with Crippen molar-refractivity contribution in [1.82, 2.24) is 4.90 Å². The third kappa shape index (κ3) is 3.71. The van der Waals surface area contributed by atoms with Crippen LogP contribution in [0.25, 0.3) is 0 Å². The Morgan fingerprint density at radius 2 is 1.71 bits per heavy atom. The topological polar surface area (TPSA) is 49.4 Å². The maximum absolute atomic E-state index is 12.9. The average molecular weight is 322 g/mol. The normalized spacial score (nSPS) is 15.9. The van der Waals surface area contributed by atoms with Crippen LogP contribution in [0.2, 0.25) is 0 Å². The predicted octanol–water partition coefficient (Wildman–Crippen LogP) is 3.66. The van der Waals surface area contributed by atoms with Crippen LogP contribution in [0.3, 0.4) is 0 Å². The number of rotatable bonds is 5. The van der Waals surface area contributed by atoms with Crippen molar-refractivity contribution in [3.63, 3.8) is 0 Å². The first-order chi connectivity index (χ1) is 11.6. The standard InChI is InChI=1S/C20H22N2O2/c1-15(23)17-10-7-11-18(14-17)21-20(24)19(22-12-5-6-13-22)16-8-3-2-4-9-16/h2-4,7-11,14,19H,5-6,12-13H2,1H3,(H,21,24). The van der Waals surface area contributed by atoms with Gasteiger partial charge in [-0.05, 0) is 50.6 Å². The predicted molar refractivity (Wildman–Crippen MR) is 95.1 cm³/mol. The fraction of sp³-hybridized carbons (Fsp3) is 0.300. The molecule has 1 aliphatic rings. The first kappa shape index (κ1) is 16.4. The van der Waals surface area contributed by atoms with Gasteiger partial charge in [-0.3, -0.25) is 14.5 Å². The molecule has 0 spiro atoms. The number of Topliss-reactive ketones (excluding diaryl/α,β-unsaturated/α-hetero) is 1. The number of nitrogens with one attached hydrogen (secondary N) is 1. The Bertz CT molecular complexity index is 721. The zero-order valence-corrected chi connectivity index (χ0v) is 13.9. The molecular weight excluding hydrogens is 300 g/mol. The van der Waals surface area contributed by atoms with E-state index in [0.717, 1.165) is 31.5 Å². The molecule has 124 valence electrons. The number of anilines is 1. The Balaban J connectivity index is 1.84. The molecule has 1 amide bonds. The van der Waals surface area contributed by atoms with Gasteiger partial charge in [-0.15, -0.1) is 0 Å². The van der Waals surface area contributed by atoms with Gasteiger partial charge >= 0.3 is 0 Å². The van der Waals surface area contributed by atoms with Gasteiger partial charge in [0, 0.05) is 11.3 Å². The second-order valence-electron chi connectivity index (χ2n) is 6.18. The molecule has 1 fully saturated rings. The van der Waals surface area contributed by atoms with Gasteiger partial charge in [0.2, 0.25) is 5.91 Å². The molecule has 1 aliphatic heterocycles. The van der Waals surface area contributed by atoms with Crippen molar-refractivity contribution in [3.05, 3.63) is 65.7 Å². The number of ketones is 1. The molecule has 4 nitrogen and oxygen atoms in total. The third-order valence-electron chi connectivity index (χ3n) is 4.41. The van der Waals surface area contributed by atoms with Crippen LogP contribution in [0, 0.1) is 0 Å². The summed E-state index contributed by atoms with van der Waals surface area (Å²) in [5.74, 6) is -0.0611. The van der Waals surface area contributed by atoms with E-state index in [9.17, 15) is 9.59 Å². The smallest absolute Gasteiger partial charge is 0.246 e. The van der Waals surface area contributed by atoms with Gasteiger partial charge in [-0.1, -0.05) is 42.5 Å². The lowest BCUT2D eigenvalue weighted by atomic mass is 10.0. The molecule has 0 saturated carbocycles.